The SMILES string of the molecule is COc1cc2nccc(Nc3ccc(NC(=O)Nc4cc(C(C)(C)C)[nH]n4)cc3Cl)c2cc1C(N)=O. The van der Waals surface area contributed by atoms with Crippen molar-refractivity contribution in [1.82, 2.24) is 15.2 Å². The number of H-pyrrole nitrogens is 1. The van der Waals surface area contributed by atoms with Gasteiger partial charge in [-0.1, -0.05) is 32.4 Å². The minimum Gasteiger partial charge on any atom is -0.496 e. The monoisotopic (exact) mass is 507 g/mol. The molecular formula is C25H26ClN7O3. The summed E-state index contributed by atoms with van der Waals surface area (Å²) in [5.74, 6) is 0.147. The molecule has 0 atom stereocenters. The fourth-order valence-corrected chi connectivity index (χ4v) is 3.76. The maximum atomic E-state index is 12.4. The van der Waals surface area contributed by atoms with Crippen LogP contribution in [0, 0.1) is 0 Å². The Morgan fingerprint density at radius 1 is 1.06 bits per heavy atom. The molecule has 0 fully saturated rings. The van der Waals surface area contributed by atoms with Crippen molar-refractivity contribution in [3.05, 3.63) is 64.9 Å². The first-order valence-corrected chi connectivity index (χ1v) is 11.4. The van der Waals surface area contributed by atoms with Gasteiger partial charge in [-0.05, 0) is 30.3 Å². The Balaban J connectivity index is 1.51. The molecule has 0 aliphatic carbocycles. The summed E-state index contributed by atoms with van der Waals surface area (Å²) in [6, 6.07) is 11.4. The summed E-state index contributed by atoms with van der Waals surface area (Å²) in [4.78, 5) is 28.6. The second kappa shape index (κ2) is 9.74. The van der Waals surface area contributed by atoms with Gasteiger partial charge >= 0.3 is 6.03 Å². The number of nitrogens with zero attached hydrogens (tertiary/aromatic N) is 2. The fourth-order valence-electron chi connectivity index (χ4n) is 3.53. The van der Waals surface area contributed by atoms with Crippen LogP contribution in [-0.4, -0.2) is 34.2 Å². The highest BCUT2D eigenvalue weighted by molar-refractivity contribution is 6.33. The van der Waals surface area contributed by atoms with Gasteiger partial charge in [0.05, 0.1) is 28.9 Å². The predicted octanol–water partition coefficient (Wildman–Crippen LogP) is 5.40. The number of primary amides is 1. The van der Waals surface area contributed by atoms with E-state index in [0.29, 0.717) is 44.6 Å². The molecule has 3 amide bonds. The first-order chi connectivity index (χ1) is 17.0. The minimum atomic E-state index is -0.611. The van der Waals surface area contributed by atoms with Crippen molar-refractivity contribution in [1.29, 1.82) is 0 Å². The summed E-state index contributed by atoms with van der Waals surface area (Å²) in [7, 11) is 1.46. The Labute approximate surface area is 212 Å². The summed E-state index contributed by atoms with van der Waals surface area (Å²) in [5, 5.41) is 16.8. The number of urea groups is 1. The second-order valence-corrected chi connectivity index (χ2v) is 9.52. The molecule has 11 heteroatoms. The lowest BCUT2D eigenvalue weighted by Gasteiger charge is -2.14. The lowest BCUT2D eigenvalue weighted by atomic mass is 9.92. The number of amides is 3. The molecule has 2 heterocycles. The largest absolute Gasteiger partial charge is 0.496 e. The van der Waals surface area contributed by atoms with Gasteiger partial charge in [-0.2, -0.15) is 5.10 Å². The highest BCUT2D eigenvalue weighted by atomic mass is 35.5. The average Bonchev–Trinajstić information content (AvgIpc) is 3.29. The van der Waals surface area contributed by atoms with Crippen LogP contribution in [0.25, 0.3) is 10.9 Å². The van der Waals surface area contributed by atoms with E-state index in [0.717, 1.165) is 5.69 Å². The van der Waals surface area contributed by atoms with Gasteiger partial charge in [0.25, 0.3) is 5.91 Å². The van der Waals surface area contributed by atoms with Crippen LogP contribution in [-0.2, 0) is 5.41 Å². The van der Waals surface area contributed by atoms with E-state index in [1.54, 1.807) is 48.7 Å². The van der Waals surface area contributed by atoms with Gasteiger partial charge in [-0.15, -0.1) is 0 Å². The van der Waals surface area contributed by atoms with Gasteiger partial charge < -0.3 is 21.1 Å². The molecule has 4 rings (SSSR count). The number of ether oxygens (including phenoxy) is 1. The Bertz CT molecular complexity index is 1460. The molecule has 0 spiro atoms. The van der Waals surface area contributed by atoms with Crippen LogP contribution in [0.2, 0.25) is 5.02 Å². The molecule has 2 aromatic carbocycles. The van der Waals surface area contributed by atoms with Crippen molar-refractivity contribution in [2.45, 2.75) is 26.2 Å². The lowest BCUT2D eigenvalue weighted by Crippen LogP contribution is -2.19. The van der Waals surface area contributed by atoms with Gasteiger partial charge in [0.1, 0.15) is 5.75 Å². The predicted molar refractivity (Wildman–Crippen MR) is 141 cm³/mol. The highest BCUT2D eigenvalue weighted by Crippen LogP contribution is 2.34. The summed E-state index contributed by atoms with van der Waals surface area (Å²) in [6.07, 6.45) is 1.63. The lowest BCUT2D eigenvalue weighted by molar-refractivity contribution is 0.0997. The molecule has 186 valence electrons. The van der Waals surface area contributed by atoms with Crippen LogP contribution in [0.3, 0.4) is 0 Å². The van der Waals surface area contributed by atoms with Crippen molar-refractivity contribution in [2.75, 3.05) is 23.1 Å². The van der Waals surface area contributed by atoms with E-state index in [-0.39, 0.29) is 11.0 Å². The third kappa shape index (κ3) is 5.33. The van der Waals surface area contributed by atoms with Gasteiger partial charge in [0.15, 0.2) is 5.82 Å². The number of fused-ring (bicyclic) bond motifs is 1. The number of nitrogens with two attached hydrogens (primary N) is 1. The van der Waals surface area contributed by atoms with E-state index in [9.17, 15) is 9.59 Å². The van der Waals surface area contributed by atoms with E-state index in [4.69, 9.17) is 22.1 Å². The molecule has 0 saturated heterocycles. The standard InChI is InChI=1S/C25H26ClN7O3/c1-25(2,3)21-12-22(33-32-21)31-24(35)29-13-5-6-18(16(26)9-13)30-17-7-8-28-19-11-20(36-4)15(23(27)34)10-14(17)19/h5-12H,1-4H3,(H2,27,34)(H,28,30)(H3,29,31,32,33,35). The van der Waals surface area contributed by atoms with E-state index in [1.807, 2.05) is 20.8 Å². The smallest absolute Gasteiger partial charge is 0.324 e. The Kier molecular flexibility index (Phi) is 6.71. The number of rotatable bonds is 6. The molecule has 0 bridgehead atoms. The number of anilines is 4. The van der Waals surface area contributed by atoms with Crippen molar-refractivity contribution in [2.24, 2.45) is 5.73 Å². The maximum absolute atomic E-state index is 12.4. The molecule has 10 nitrogen and oxygen atoms in total. The van der Waals surface area contributed by atoms with Crippen LogP contribution in [0.4, 0.5) is 27.7 Å². The minimum absolute atomic E-state index is 0.118. The van der Waals surface area contributed by atoms with Crippen LogP contribution >= 0.6 is 11.6 Å². The van der Waals surface area contributed by atoms with E-state index >= 15 is 0 Å². The zero-order valence-corrected chi connectivity index (χ0v) is 20.9. The van der Waals surface area contributed by atoms with E-state index < -0.39 is 11.9 Å². The maximum Gasteiger partial charge on any atom is 0.324 e. The number of pyridine rings is 1. The summed E-state index contributed by atoms with van der Waals surface area (Å²) in [6.45, 7) is 6.14. The Hall–Kier alpha value is -4.31. The first kappa shape index (κ1) is 24.8. The summed E-state index contributed by atoms with van der Waals surface area (Å²) >= 11 is 6.50. The van der Waals surface area contributed by atoms with E-state index in [1.165, 1.54) is 7.11 Å². The first-order valence-electron chi connectivity index (χ1n) is 11.0. The zero-order valence-electron chi connectivity index (χ0n) is 20.2. The molecule has 0 aliphatic rings. The molecule has 36 heavy (non-hydrogen) atoms. The van der Waals surface area contributed by atoms with Gasteiger partial charge in [-0.3, -0.25) is 20.2 Å². The Morgan fingerprint density at radius 2 is 1.83 bits per heavy atom. The molecule has 4 aromatic rings. The third-order valence-electron chi connectivity index (χ3n) is 5.45. The normalized spacial score (nSPS) is 11.2. The number of nitrogens with one attached hydrogen (secondary N) is 4. The molecular weight excluding hydrogens is 482 g/mol. The number of benzene rings is 2. The number of methoxy groups -OCH3 is 1. The number of carbonyl (C=O) groups excluding carboxylic acids is 2. The number of aromatic nitrogens is 3. The van der Waals surface area contributed by atoms with E-state index in [2.05, 4.69) is 31.1 Å². The summed E-state index contributed by atoms with van der Waals surface area (Å²) < 4.78 is 5.26. The van der Waals surface area contributed by atoms with Gasteiger partial charge in [0, 0.05) is 46.2 Å². The van der Waals surface area contributed by atoms with Crippen LogP contribution < -0.4 is 26.4 Å². The molecule has 0 saturated carbocycles. The second-order valence-electron chi connectivity index (χ2n) is 9.11. The number of hydrogen-bond donors (Lipinski definition) is 5. The topological polar surface area (TPSA) is 147 Å². The Morgan fingerprint density at radius 3 is 2.47 bits per heavy atom. The molecule has 0 unspecified atom stereocenters. The van der Waals surface area contributed by atoms with Crippen molar-refractivity contribution >= 4 is 57.3 Å². The van der Waals surface area contributed by atoms with Gasteiger partial charge in [0.2, 0.25) is 0 Å². The van der Waals surface area contributed by atoms with Crippen LogP contribution in [0.15, 0.2) is 48.7 Å². The van der Waals surface area contributed by atoms with Gasteiger partial charge in [-0.25, -0.2) is 4.79 Å². The molecule has 2 aromatic heterocycles. The number of aromatic amines is 1. The van der Waals surface area contributed by atoms with Crippen molar-refractivity contribution < 1.29 is 14.3 Å². The highest BCUT2D eigenvalue weighted by Gasteiger charge is 2.18. The average molecular weight is 508 g/mol. The summed E-state index contributed by atoms with van der Waals surface area (Å²) in [5.41, 5.74) is 8.90. The van der Waals surface area contributed by atoms with Crippen molar-refractivity contribution in [3.63, 3.8) is 0 Å². The molecule has 6 N–H and O–H groups in total. The molecule has 0 aliphatic heterocycles. The third-order valence-corrected chi connectivity index (χ3v) is 5.76. The zero-order chi connectivity index (χ0) is 26.0. The van der Waals surface area contributed by atoms with Crippen LogP contribution in [0.5, 0.6) is 5.75 Å². The van der Waals surface area contributed by atoms with Crippen LogP contribution in [0.1, 0.15) is 36.8 Å². The quantitative estimate of drug-likeness (QED) is 0.236. The number of carbonyl (C=O) groups is 2. The molecule has 0 radical (unpaired) electrons. The number of halogens is 1. The number of hydrogen-bond acceptors (Lipinski definition) is 6. The van der Waals surface area contributed by atoms with Crippen molar-refractivity contribution in [3.8, 4) is 5.75 Å². The fraction of sp³-hybridized carbons (Fsp3) is 0.200.